The van der Waals surface area contributed by atoms with Crippen molar-refractivity contribution in [3.63, 3.8) is 0 Å². The maximum absolute atomic E-state index is 11.9. The van der Waals surface area contributed by atoms with Crippen molar-refractivity contribution in [2.75, 3.05) is 26.7 Å². The number of likely N-dealkylation sites (N-methyl/N-ethyl adjacent to an activating group) is 1. The van der Waals surface area contributed by atoms with Crippen molar-refractivity contribution in [3.05, 3.63) is 24.2 Å². The lowest BCUT2D eigenvalue weighted by Gasteiger charge is -2.38. The van der Waals surface area contributed by atoms with Gasteiger partial charge in [0, 0.05) is 39.1 Å². The molecule has 5 nitrogen and oxygen atoms in total. The first-order valence-corrected chi connectivity index (χ1v) is 6.43. The number of rotatable bonds is 4. The molecule has 2 rings (SSSR count). The average Bonchev–Trinajstić information content (AvgIpc) is 2.90. The fourth-order valence-corrected chi connectivity index (χ4v) is 2.49. The highest BCUT2D eigenvalue weighted by Crippen LogP contribution is 2.14. The second-order valence-corrected chi connectivity index (χ2v) is 4.70. The number of hydrogen-bond acceptors (Lipinski definition) is 4. The van der Waals surface area contributed by atoms with Crippen LogP contribution in [0.15, 0.2) is 22.8 Å². The van der Waals surface area contributed by atoms with E-state index in [1.54, 1.807) is 13.3 Å². The molecule has 18 heavy (non-hydrogen) atoms. The predicted molar refractivity (Wildman–Crippen MR) is 69.3 cm³/mol. The number of carbonyl (C=O) groups is 1. The summed E-state index contributed by atoms with van der Waals surface area (Å²) in [6.07, 6.45) is 2.52. The van der Waals surface area contributed by atoms with Gasteiger partial charge in [-0.05, 0) is 19.1 Å². The minimum Gasteiger partial charge on any atom is -0.469 e. The minimum absolute atomic E-state index is 0.0773. The Balaban J connectivity index is 2.01. The van der Waals surface area contributed by atoms with Gasteiger partial charge in [-0.25, -0.2) is 0 Å². The van der Waals surface area contributed by atoms with Gasteiger partial charge in [0.05, 0.1) is 6.26 Å². The van der Waals surface area contributed by atoms with Crippen LogP contribution in [0.5, 0.6) is 0 Å². The maximum atomic E-state index is 11.9. The lowest BCUT2D eigenvalue weighted by molar-refractivity contribution is -0.127. The summed E-state index contributed by atoms with van der Waals surface area (Å²) in [7, 11) is 1.69. The maximum Gasteiger partial charge on any atom is 0.238 e. The molecule has 0 aromatic carbocycles. The van der Waals surface area contributed by atoms with E-state index in [0.717, 1.165) is 25.3 Å². The molecule has 5 heteroatoms. The molecule has 1 saturated heterocycles. The SMILES string of the molecule is CNC(=O)C1CNCCN1C(C)Cc1ccco1. The molecule has 1 aromatic heterocycles. The van der Waals surface area contributed by atoms with Gasteiger partial charge in [-0.2, -0.15) is 0 Å². The monoisotopic (exact) mass is 251 g/mol. The number of carbonyl (C=O) groups excluding carboxylic acids is 1. The molecule has 0 bridgehead atoms. The van der Waals surface area contributed by atoms with Crippen LogP contribution in [0, 0.1) is 0 Å². The highest BCUT2D eigenvalue weighted by Gasteiger charge is 2.31. The molecule has 0 spiro atoms. The van der Waals surface area contributed by atoms with E-state index in [9.17, 15) is 4.79 Å². The van der Waals surface area contributed by atoms with Crippen molar-refractivity contribution in [1.29, 1.82) is 0 Å². The number of nitrogens with one attached hydrogen (secondary N) is 2. The Morgan fingerprint density at radius 3 is 3.22 bits per heavy atom. The Hall–Kier alpha value is -1.33. The van der Waals surface area contributed by atoms with Gasteiger partial charge < -0.3 is 15.1 Å². The average molecular weight is 251 g/mol. The molecular formula is C13H21N3O2. The molecule has 0 radical (unpaired) electrons. The highest BCUT2D eigenvalue weighted by molar-refractivity contribution is 5.81. The molecule has 2 unspecified atom stereocenters. The van der Waals surface area contributed by atoms with Crippen LogP contribution in [0.25, 0.3) is 0 Å². The molecule has 2 N–H and O–H groups in total. The van der Waals surface area contributed by atoms with E-state index in [4.69, 9.17) is 4.42 Å². The van der Waals surface area contributed by atoms with Crippen molar-refractivity contribution < 1.29 is 9.21 Å². The number of nitrogens with zero attached hydrogens (tertiary/aromatic N) is 1. The Morgan fingerprint density at radius 2 is 2.56 bits per heavy atom. The summed E-state index contributed by atoms with van der Waals surface area (Å²) in [4.78, 5) is 14.1. The van der Waals surface area contributed by atoms with Crippen LogP contribution in [0.1, 0.15) is 12.7 Å². The van der Waals surface area contributed by atoms with Crippen molar-refractivity contribution in [3.8, 4) is 0 Å². The molecule has 0 aliphatic carbocycles. The summed E-state index contributed by atoms with van der Waals surface area (Å²) < 4.78 is 5.37. The minimum atomic E-state index is -0.0892. The van der Waals surface area contributed by atoms with Gasteiger partial charge in [-0.1, -0.05) is 0 Å². The molecule has 0 saturated carbocycles. The summed E-state index contributed by atoms with van der Waals surface area (Å²) in [6.45, 7) is 4.67. The first-order valence-electron chi connectivity index (χ1n) is 6.43. The van der Waals surface area contributed by atoms with Crippen LogP contribution in [-0.2, 0) is 11.2 Å². The molecule has 1 aliphatic rings. The first-order chi connectivity index (χ1) is 8.72. The van der Waals surface area contributed by atoms with E-state index in [-0.39, 0.29) is 11.9 Å². The van der Waals surface area contributed by atoms with Crippen LogP contribution in [0.4, 0.5) is 0 Å². The van der Waals surface area contributed by atoms with E-state index in [2.05, 4.69) is 22.5 Å². The third-order valence-corrected chi connectivity index (χ3v) is 3.48. The second kappa shape index (κ2) is 6.02. The molecule has 1 amide bonds. The topological polar surface area (TPSA) is 57.5 Å². The summed E-state index contributed by atoms with van der Waals surface area (Å²) in [5.74, 6) is 1.05. The van der Waals surface area contributed by atoms with Crippen LogP contribution < -0.4 is 10.6 Å². The predicted octanol–water partition coefficient (Wildman–Crippen LogP) is 0.230. The molecule has 2 atom stereocenters. The highest BCUT2D eigenvalue weighted by atomic mass is 16.3. The second-order valence-electron chi connectivity index (χ2n) is 4.70. The van der Waals surface area contributed by atoms with Crippen molar-refractivity contribution >= 4 is 5.91 Å². The van der Waals surface area contributed by atoms with Gasteiger partial charge in [0.1, 0.15) is 11.8 Å². The third kappa shape index (κ3) is 2.91. The molecular weight excluding hydrogens is 230 g/mol. The number of furan rings is 1. The quantitative estimate of drug-likeness (QED) is 0.804. The van der Waals surface area contributed by atoms with E-state index in [1.807, 2.05) is 12.1 Å². The van der Waals surface area contributed by atoms with Crippen molar-refractivity contribution in [2.24, 2.45) is 0 Å². The third-order valence-electron chi connectivity index (χ3n) is 3.48. The van der Waals surface area contributed by atoms with Gasteiger partial charge >= 0.3 is 0 Å². The lowest BCUT2D eigenvalue weighted by atomic mass is 10.1. The normalized spacial score (nSPS) is 22.7. The van der Waals surface area contributed by atoms with Crippen LogP contribution >= 0.6 is 0 Å². The number of amides is 1. The van der Waals surface area contributed by atoms with Crippen molar-refractivity contribution in [2.45, 2.75) is 25.4 Å². The zero-order chi connectivity index (χ0) is 13.0. The number of piperazine rings is 1. The van der Waals surface area contributed by atoms with Crippen LogP contribution in [0.2, 0.25) is 0 Å². The van der Waals surface area contributed by atoms with Gasteiger partial charge in [-0.15, -0.1) is 0 Å². The number of hydrogen-bond donors (Lipinski definition) is 2. The van der Waals surface area contributed by atoms with Crippen molar-refractivity contribution in [1.82, 2.24) is 15.5 Å². The Bertz CT molecular complexity index is 378. The van der Waals surface area contributed by atoms with Gasteiger partial charge in [0.15, 0.2) is 0 Å². The summed E-state index contributed by atoms with van der Waals surface area (Å²) >= 11 is 0. The van der Waals surface area contributed by atoms with E-state index >= 15 is 0 Å². The zero-order valence-corrected chi connectivity index (χ0v) is 11.0. The summed E-state index contributed by atoms with van der Waals surface area (Å²) in [5.41, 5.74) is 0. The van der Waals surface area contributed by atoms with E-state index in [1.165, 1.54) is 0 Å². The molecule has 1 aromatic rings. The van der Waals surface area contributed by atoms with Gasteiger partial charge in [0.25, 0.3) is 0 Å². The summed E-state index contributed by atoms with van der Waals surface area (Å²) in [5, 5.41) is 6.00. The molecule has 2 heterocycles. The van der Waals surface area contributed by atoms with Gasteiger partial charge in [-0.3, -0.25) is 9.69 Å². The smallest absolute Gasteiger partial charge is 0.238 e. The lowest BCUT2D eigenvalue weighted by Crippen LogP contribution is -2.60. The largest absolute Gasteiger partial charge is 0.469 e. The van der Waals surface area contributed by atoms with Gasteiger partial charge in [0.2, 0.25) is 5.91 Å². The van der Waals surface area contributed by atoms with E-state index < -0.39 is 0 Å². The fraction of sp³-hybridized carbons (Fsp3) is 0.615. The Labute approximate surface area is 108 Å². The molecule has 1 fully saturated rings. The zero-order valence-electron chi connectivity index (χ0n) is 11.0. The standard InChI is InChI=1S/C13H21N3O2/c1-10(8-11-4-3-7-18-11)16-6-5-15-9-12(16)13(17)14-2/h3-4,7,10,12,15H,5-6,8-9H2,1-2H3,(H,14,17). The molecule has 1 aliphatic heterocycles. The first kappa shape index (κ1) is 13.1. The van der Waals surface area contributed by atoms with Crippen LogP contribution in [0.3, 0.4) is 0 Å². The van der Waals surface area contributed by atoms with Crippen LogP contribution in [-0.4, -0.2) is 49.6 Å². The fourth-order valence-electron chi connectivity index (χ4n) is 2.49. The Kier molecular flexibility index (Phi) is 4.38. The Morgan fingerprint density at radius 1 is 1.72 bits per heavy atom. The molecule has 100 valence electrons. The summed E-state index contributed by atoms with van der Waals surface area (Å²) in [6, 6.07) is 4.08. The van der Waals surface area contributed by atoms with E-state index in [0.29, 0.717) is 12.6 Å².